The fourth-order valence-corrected chi connectivity index (χ4v) is 2.85. The van der Waals surface area contributed by atoms with E-state index in [1.54, 1.807) is 12.1 Å². The number of rotatable bonds is 4. The van der Waals surface area contributed by atoms with Crippen LogP contribution in [-0.2, 0) is 0 Å². The zero-order chi connectivity index (χ0) is 14.7. The van der Waals surface area contributed by atoms with Gasteiger partial charge < -0.3 is 10.2 Å². The molecule has 0 saturated carbocycles. The lowest BCUT2D eigenvalue weighted by atomic mass is 10.1. The molecule has 2 aromatic carbocycles. The number of nitrogens with zero attached hydrogens (tertiary/aromatic N) is 1. The van der Waals surface area contributed by atoms with Crippen molar-refractivity contribution in [3.63, 3.8) is 0 Å². The van der Waals surface area contributed by atoms with Gasteiger partial charge in [-0.3, -0.25) is 0 Å². The third-order valence-electron chi connectivity index (χ3n) is 4.07. The zero-order valence-corrected chi connectivity index (χ0v) is 12.3. The fraction of sp³-hybridized carbons (Fsp3) is 0.333. The highest BCUT2D eigenvalue weighted by Crippen LogP contribution is 2.24. The van der Waals surface area contributed by atoms with Crippen LogP contribution in [0.3, 0.4) is 0 Å². The summed E-state index contributed by atoms with van der Waals surface area (Å²) in [4.78, 5) is 2.42. The first-order valence-electron chi connectivity index (χ1n) is 7.59. The third kappa shape index (κ3) is 3.35. The highest BCUT2D eigenvalue weighted by Gasteiger charge is 2.12. The Morgan fingerprint density at radius 2 is 1.76 bits per heavy atom. The Labute approximate surface area is 125 Å². The summed E-state index contributed by atoms with van der Waals surface area (Å²) in [5.74, 6) is -0.189. The number of anilines is 2. The van der Waals surface area contributed by atoms with Gasteiger partial charge in [-0.1, -0.05) is 12.1 Å². The van der Waals surface area contributed by atoms with Crippen molar-refractivity contribution in [2.24, 2.45) is 0 Å². The number of benzene rings is 2. The third-order valence-corrected chi connectivity index (χ3v) is 4.07. The van der Waals surface area contributed by atoms with Crippen molar-refractivity contribution < 1.29 is 4.39 Å². The van der Waals surface area contributed by atoms with Gasteiger partial charge in [0.25, 0.3) is 0 Å². The van der Waals surface area contributed by atoms with Gasteiger partial charge in [-0.2, -0.15) is 0 Å². The smallest absolute Gasteiger partial charge is 0.123 e. The second-order valence-corrected chi connectivity index (χ2v) is 5.66. The molecule has 0 aromatic heterocycles. The molecule has 21 heavy (non-hydrogen) atoms. The van der Waals surface area contributed by atoms with E-state index in [9.17, 15) is 4.39 Å². The molecule has 0 radical (unpaired) electrons. The van der Waals surface area contributed by atoms with Crippen molar-refractivity contribution in [1.29, 1.82) is 0 Å². The van der Waals surface area contributed by atoms with Crippen molar-refractivity contribution in [3.05, 3.63) is 59.9 Å². The first kappa shape index (κ1) is 13.9. The maximum atomic E-state index is 13.3. The lowest BCUT2D eigenvalue weighted by molar-refractivity contribution is 0.623. The summed E-state index contributed by atoms with van der Waals surface area (Å²) in [7, 11) is 0. The first-order valence-corrected chi connectivity index (χ1v) is 7.59. The van der Waals surface area contributed by atoms with Crippen molar-refractivity contribution in [2.75, 3.05) is 23.3 Å². The van der Waals surface area contributed by atoms with E-state index in [0.717, 1.165) is 24.3 Å². The van der Waals surface area contributed by atoms with Crippen LogP contribution in [0, 0.1) is 5.82 Å². The molecular weight excluding hydrogens is 263 g/mol. The summed E-state index contributed by atoms with van der Waals surface area (Å²) in [6, 6.07) is 15.3. The largest absolute Gasteiger partial charge is 0.379 e. The molecule has 1 fully saturated rings. The maximum Gasteiger partial charge on any atom is 0.123 e. The lowest BCUT2D eigenvalue weighted by Crippen LogP contribution is -2.17. The van der Waals surface area contributed by atoms with Crippen LogP contribution in [0.2, 0.25) is 0 Å². The number of hydrogen-bond acceptors (Lipinski definition) is 2. The SMILES string of the molecule is CC(Nc1ccc(N2CCCC2)cc1)c1cccc(F)c1. The second kappa shape index (κ2) is 6.17. The molecular formula is C18H21FN2. The van der Waals surface area contributed by atoms with E-state index in [1.807, 2.05) is 13.0 Å². The van der Waals surface area contributed by atoms with Crippen LogP contribution in [0.15, 0.2) is 48.5 Å². The molecule has 1 aliphatic heterocycles. The Bertz CT molecular complexity index is 588. The van der Waals surface area contributed by atoms with Crippen molar-refractivity contribution >= 4 is 11.4 Å². The minimum atomic E-state index is -0.189. The quantitative estimate of drug-likeness (QED) is 0.882. The molecule has 0 aliphatic carbocycles. The molecule has 1 atom stereocenters. The summed E-state index contributed by atoms with van der Waals surface area (Å²) >= 11 is 0. The van der Waals surface area contributed by atoms with Crippen LogP contribution in [0.4, 0.5) is 15.8 Å². The molecule has 110 valence electrons. The van der Waals surface area contributed by atoms with E-state index in [4.69, 9.17) is 0 Å². The molecule has 0 spiro atoms. The van der Waals surface area contributed by atoms with Gasteiger partial charge in [0.05, 0.1) is 0 Å². The lowest BCUT2D eigenvalue weighted by Gasteiger charge is -2.19. The van der Waals surface area contributed by atoms with Crippen LogP contribution < -0.4 is 10.2 Å². The Morgan fingerprint density at radius 3 is 2.43 bits per heavy atom. The Balaban J connectivity index is 1.67. The van der Waals surface area contributed by atoms with E-state index in [1.165, 1.54) is 24.6 Å². The monoisotopic (exact) mass is 284 g/mol. The van der Waals surface area contributed by atoms with Gasteiger partial charge in [0, 0.05) is 30.5 Å². The Kier molecular flexibility index (Phi) is 4.09. The van der Waals surface area contributed by atoms with E-state index < -0.39 is 0 Å². The average molecular weight is 284 g/mol. The van der Waals surface area contributed by atoms with E-state index >= 15 is 0 Å². The molecule has 3 rings (SSSR count). The first-order chi connectivity index (χ1) is 10.2. The number of halogens is 1. The van der Waals surface area contributed by atoms with Crippen LogP contribution in [0.5, 0.6) is 0 Å². The molecule has 0 bridgehead atoms. The minimum absolute atomic E-state index is 0.0818. The van der Waals surface area contributed by atoms with Gasteiger partial charge in [-0.05, 0) is 61.7 Å². The summed E-state index contributed by atoms with van der Waals surface area (Å²) in [5.41, 5.74) is 3.31. The molecule has 1 N–H and O–H groups in total. The molecule has 1 saturated heterocycles. The van der Waals surface area contributed by atoms with E-state index in [0.29, 0.717) is 0 Å². The van der Waals surface area contributed by atoms with Crippen molar-refractivity contribution in [2.45, 2.75) is 25.8 Å². The summed E-state index contributed by atoms with van der Waals surface area (Å²) in [6.45, 7) is 4.36. The predicted octanol–water partition coefficient (Wildman–Crippen LogP) is 4.60. The van der Waals surface area contributed by atoms with Gasteiger partial charge in [0.15, 0.2) is 0 Å². The van der Waals surface area contributed by atoms with Crippen LogP contribution >= 0.6 is 0 Å². The topological polar surface area (TPSA) is 15.3 Å². The summed E-state index contributed by atoms with van der Waals surface area (Å²) in [5, 5.41) is 3.42. The molecule has 1 aliphatic rings. The van der Waals surface area contributed by atoms with Crippen LogP contribution in [-0.4, -0.2) is 13.1 Å². The molecule has 0 amide bonds. The van der Waals surface area contributed by atoms with Gasteiger partial charge in [0.2, 0.25) is 0 Å². The van der Waals surface area contributed by atoms with Crippen molar-refractivity contribution in [1.82, 2.24) is 0 Å². The Hall–Kier alpha value is -2.03. The van der Waals surface area contributed by atoms with Gasteiger partial charge in [0.1, 0.15) is 5.82 Å². The highest BCUT2D eigenvalue weighted by atomic mass is 19.1. The standard InChI is InChI=1S/C18H21FN2/c1-14(15-5-4-6-16(19)13-15)20-17-7-9-18(10-8-17)21-11-2-3-12-21/h4-10,13-14,20H,2-3,11-12H2,1H3. The molecule has 3 heteroatoms. The summed E-state index contributed by atoms with van der Waals surface area (Å²) < 4.78 is 13.3. The number of hydrogen-bond donors (Lipinski definition) is 1. The molecule has 2 aromatic rings. The molecule has 2 nitrogen and oxygen atoms in total. The maximum absolute atomic E-state index is 13.3. The molecule has 1 heterocycles. The highest BCUT2D eigenvalue weighted by molar-refractivity contribution is 5.56. The zero-order valence-electron chi connectivity index (χ0n) is 12.3. The van der Waals surface area contributed by atoms with E-state index in [-0.39, 0.29) is 11.9 Å². The molecule has 1 unspecified atom stereocenters. The fourth-order valence-electron chi connectivity index (χ4n) is 2.85. The van der Waals surface area contributed by atoms with Gasteiger partial charge in [-0.15, -0.1) is 0 Å². The summed E-state index contributed by atoms with van der Waals surface area (Å²) in [6.07, 6.45) is 2.58. The van der Waals surface area contributed by atoms with E-state index in [2.05, 4.69) is 34.5 Å². The van der Waals surface area contributed by atoms with Gasteiger partial charge in [-0.25, -0.2) is 4.39 Å². The average Bonchev–Trinajstić information content (AvgIpc) is 3.02. The number of nitrogens with one attached hydrogen (secondary N) is 1. The normalized spacial score (nSPS) is 16.0. The van der Waals surface area contributed by atoms with Crippen LogP contribution in [0.25, 0.3) is 0 Å². The predicted molar refractivity (Wildman–Crippen MR) is 86.3 cm³/mol. The second-order valence-electron chi connectivity index (χ2n) is 5.66. The van der Waals surface area contributed by atoms with Gasteiger partial charge >= 0.3 is 0 Å². The Morgan fingerprint density at radius 1 is 1.05 bits per heavy atom. The minimum Gasteiger partial charge on any atom is -0.379 e. The van der Waals surface area contributed by atoms with Crippen molar-refractivity contribution in [3.8, 4) is 0 Å². The van der Waals surface area contributed by atoms with Crippen LogP contribution in [0.1, 0.15) is 31.4 Å².